The Morgan fingerprint density at radius 3 is 2.38 bits per heavy atom. The number of rotatable bonds is 4. The molecule has 0 aliphatic carbocycles. The molecule has 0 bridgehead atoms. The first-order valence-corrected chi connectivity index (χ1v) is 8.25. The maximum Gasteiger partial charge on any atom is 0.263 e. The molecule has 1 heterocycles. The van der Waals surface area contributed by atoms with Crippen LogP contribution in [0.25, 0.3) is 0 Å². The van der Waals surface area contributed by atoms with Crippen molar-refractivity contribution in [1.82, 2.24) is 0 Å². The van der Waals surface area contributed by atoms with Gasteiger partial charge in [-0.2, -0.15) is 0 Å². The van der Waals surface area contributed by atoms with Gasteiger partial charge in [-0.15, -0.1) is 11.3 Å². The Hall–Kier alpha value is -1.93. The summed E-state index contributed by atoms with van der Waals surface area (Å²) in [5, 5.41) is 1.70. The molecule has 0 fully saturated rings. The van der Waals surface area contributed by atoms with Gasteiger partial charge >= 0.3 is 0 Å². The normalized spacial score (nSPS) is 11.4. The zero-order chi connectivity index (χ0) is 15.8. The average Bonchev–Trinajstić information content (AvgIpc) is 2.73. The van der Waals surface area contributed by atoms with Crippen LogP contribution in [-0.4, -0.2) is 14.3 Å². The number of sulfonamides is 1. The highest BCUT2D eigenvalue weighted by molar-refractivity contribution is 7.93. The number of primary amides is 1. The van der Waals surface area contributed by atoms with Crippen LogP contribution in [0.1, 0.15) is 21.5 Å². The van der Waals surface area contributed by atoms with E-state index >= 15 is 0 Å². The van der Waals surface area contributed by atoms with Crippen LogP contribution in [0.4, 0.5) is 9.39 Å². The van der Waals surface area contributed by atoms with Gasteiger partial charge in [0.05, 0.1) is 10.5 Å². The number of hydrogen-bond donors (Lipinski definition) is 2. The minimum atomic E-state index is -3.93. The Balaban J connectivity index is 2.49. The molecule has 0 atom stereocenters. The van der Waals surface area contributed by atoms with Gasteiger partial charge in [-0.25, -0.2) is 12.8 Å². The minimum Gasteiger partial charge on any atom is -0.366 e. The van der Waals surface area contributed by atoms with E-state index in [-0.39, 0.29) is 26.6 Å². The van der Waals surface area contributed by atoms with E-state index in [0.717, 1.165) is 23.5 Å². The Morgan fingerprint density at radius 1 is 1.29 bits per heavy atom. The fourth-order valence-corrected chi connectivity index (χ4v) is 4.66. The summed E-state index contributed by atoms with van der Waals surface area (Å²) >= 11 is 1.05. The molecule has 1 amide bonds. The third-order valence-corrected chi connectivity index (χ3v) is 5.46. The Morgan fingerprint density at radius 2 is 1.86 bits per heavy atom. The monoisotopic (exact) mass is 328 g/mol. The van der Waals surface area contributed by atoms with Crippen molar-refractivity contribution in [3.63, 3.8) is 0 Å². The number of carbonyl (C=O) groups is 1. The molecule has 3 N–H and O–H groups in total. The van der Waals surface area contributed by atoms with Crippen molar-refractivity contribution >= 4 is 32.3 Å². The van der Waals surface area contributed by atoms with Crippen molar-refractivity contribution in [1.29, 1.82) is 0 Å². The SMILES string of the molecule is Cc1cc(F)cc(C)c1S(=O)(=O)Nc1sccc1C(N)=O. The van der Waals surface area contributed by atoms with Gasteiger partial charge in [0.25, 0.3) is 15.9 Å². The van der Waals surface area contributed by atoms with Crippen LogP contribution < -0.4 is 10.5 Å². The fraction of sp³-hybridized carbons (Fsp3) is 0.154. The topological polar surface area (TPSA) is 89.3 Å². The third-order valence-electron chi connectivity index (χ3n) is 2.85. The largest absolute Gasteiger partial charge is 0.366 e. The molecule has 0 radical (unpaired) electrons. The van der Waals surface area contributed by atoms with Crippen molar-refractivity contribution in [2.45, 2.75) is 18.7 Å². The van der Waals surface area contributed by atoms with E-state index in [9.17, 15) is 17.6 Å². The molecule has 5 nitrogen and oxygen atoms in total. The number of thiophene rings is 1. The van der Waals surface area contributed by atoms with E-state index in [2.05, 4.69) is 4.72 Å². The molecule has 112 valence electrons. The maximum atomic E-state index is 13.3. The Labute approximate surface area is 125 Å². The lowest BCUT2D eigenvalue weighted by atomic mass is 10.1. The summed E-state index contributed by atoms with van der Waals surface area (Å²) < 4.78 is 40.5. The smallest absolute Gasteiger partial charge is 0.263 e. The summed E-state index contributed by atoms with van der Waals surface area (Å²) in [6.07, 6.45) is 0. The second-order valence-electron chi connectivity index (χ2n) is 4.50. The van der Waals surface area contributed by atoms with Gasteiger partial charge in [0, 0.05) is 0 Å². The molecule has 0 aliphatic heterocycles. The third kappa shape index (κ3) is 3.06. The van der Waals surface area contributed by atoms with Gasteiger partial charge in [0.2, 0.25) is 0 Å². The number of amides is 1. The molecule has 21 heavy (non-hydrogen) atoms. The minimum absolute atomic E-state index is 0.00674. The molecule has 2 aromatic rings. The number of nitrogens with one attached hydrogen (secondary N) is 1. The van der Waals surface area contributed by atoms with Gasteiger partial charge in [-0.1, -0.05) is 0 Å². The van der Waals surface area contributed by atoms with Crippen LogP contribution in [-0.2, 0) is 10.0 Å². The lowest BCUT2D eigenvalue weighted by Gasteiger charge is -2.12. The molecule has 0 spiro atoms. The molecular weight excluding hydrogens is 315 g/mol. The second kappa shape index (κ2) is 5.45. The quantitative estimate of drug-likeness (QED) is 0.903. The van der Waals surface area contributed by atoms with E-state index in [1.165, 1.54) is 19.9 Å². The molecule has 0 saturated heterocycles. The van der Waals surface area contributed by atoms with Crippen LogP contribution in [0.15, 0.2) is 28.5 Å². The van der Waals surface area contributed by atoms with E-state index < -0.39 is 21.7 Å². The van der Waals surface area contributed by atoms with Gasteiger partial charge in [-0.3, -0.25) is 9.52 Å². The van der Waals surface area contributed by atoms with Crippen LogP contribution in [0.5, 0.6) is 0 Å². The van der Waals surface area contributed by atoms with Crippen LogP contribution in [0.3, 0.4) is 0 Å². The number of benzene rings is 1. The molecule has 8 heteroatoms. The summed E-state index contributed by atoms with van der Waals surface area (Å²) in [6, 6.07) is 3.73. The second-order valence-corrected chi connectivity index (χ2v) is 7.04. The molecule has 0 unspecified atom stereocenters. The van der Waals surface area contributed by atoms with Gasteiger partial charge in [-0.05, 0) is 48.6 Å². The number of aryl methyl sites for hydroxylation is 2. The number of halogens is 1. The van der Waals surface area contributed by atoms with Gasteiger partial charge in [0.1, 0.15) is 10.8 Å². The molecule has 1 aromatic heterocycles. The lowest BCUT2D eigenvalue weighted by Crippen LogP contribution is -2.18. The van der Waals surface area contributed by atoms with Crippen molar-refractivity contribution in [3.05, 3.63) is 46.1 Å². The van der Waals surface area contributed by atoms with E-state index in [0.29, 0.717) is 0 Å². The number of hydrogen-bond acceptors (Lipinski definition) is 4. The summed E-state index contributed by atoms with van der Waals surface area (Å²) in [4.78, 5) is 11.2. The number of nitrogens with two attached hydrogens (primary N) is 1. The summed E-state index contributed by atoms with van der Waals surface area (Å²) in [6.45, 7) is 3.02. The van der Waals surface area contributed by atoms with Crippen molar-refractivity contribution in [2.24, 2.45) is 5.73 Å². The Bertz CT molecular complexity index is 790. The van der Waals surface area contributed by atoms with E-state index in [1.54, 1.807) is 5.38 Å². The highest BCUT2D eigenvalue weighted by Gasteiger charge is 2.23. The first-order valence-electron chi connectivity index (χ1n) is 5.89. The average molecular weight is 328 g/mol. The zero-order valence-corrected chi connectivity index (χ0v) is 12.9. The summed E-state index contributed by atoms with van der Waals surface area (Å²) in [5.74, 6) is -1.22. The molecule has 0 saturated carbocycles. The van der Waals surface area contributed by atoms with Crippen molar-refractivity contribution in [2.75, 3.05) is 4.72 Å². The standard InChI is InChI=1S/C13H13FN2O3S2/c1-7-5-9(14)6-8(2)11(7)21(18,19)16-13-10(12(15)17)3-4-20-13/h3-6,16H,1-2H3,(H2,15,17). The first kappa shape index (κ1) is 15.5. The van der Waals surface area contributed by atoms with Crippen LogP contribution in [0.2, 0.25) is 0 Å². The van der Waals surface area contributed by atoms with Crippen molar-refractivity contribution in [3.8, 4) is 0 Å². The van der Waals surface area contributed by atoms with Gasteiger partial charge < -0.3 is 5.73 Å². The predicted molar refractivity (Wildman–Crippen MR) is 79.5 cm³/mol. The molecule has 2 rings (SSSR count). The van der Waals surface area contributed by atoms with Gasteiger partial charge in [0.15, 0.2) is 0 Å². The van der Waals surface area contributed by atoms with E-state index in [1.807, 2.05) is 0 Å². The fourth-order valence-electron chi connectivity index (χ4n) is 2.08. The molecule has 0 aliphatic rings. The van der Waals surface area contributed by atoms with E-state index in [4.69, 9.17) is 5.73 Å². The maximum absolute atomic E-state index is 13.3. The van der Waals surface area contributed by atoms with Crippen LogP contribution in [0, 0.1) is 19.7 Å². The van der Waals surface area contributed by atoms with Crippen LogP contribution >= 0.6 is 11.3 Å². The highest BCUT2D eigenvalue weighted by atomic mass is 32.2. The van der Waals surface area contributed by atoms with Crippen molar-refractivity contribution < 1.29 is 17.6 Å². The summed E-state index contributed by atoms with van der Waals surface area (Å²) in [5.41, 5.74) is 5.86. The zero-order valence-electron chi connectivity index (χ0n) is 11.3. The lowest BCUT2D eigenvalue weighted by molar-refractivity contribution is 0.100. The molecular formula is C13H13FN2O3S2. The summed E-state index contributed by atoms with van der Waals surface area (Å²) in [7, 11) is -3.93. The number of anilines is 1. The first-order chi connectivity index (χ1) is 9.72. The predicted octanol–water partition coefficient (Wildman–Crippen LogP) is 2.40. The number of carbonyl (C=O) groups excluding carboxylic acids is 1. The Kier molecular flexibility index (Phi) is 4.02. The highest BCUT2D eigenvalue weighted by Crippen LogP contribution is 2.28. The molecule has 1 aromatic carbocycles.